The highest BCUT2D eigenvalue weighted by atomic mass is 32.2. The first-order valence-corrected chi connectivity index (χ1v) is 9.69. The number of likely N-dealkylation sites (tertiary alicyclic amines) is 1. The Morgan fingerprint density at radius 1 is 1.29 bits per heavy atom. The van der Waals surface area contributed by atoms with Gasteiger partial charge in [0.2, 0.25) is 15.9 Å². The van der Waals surface area contributed by atoms with Crippen LogP contribution in [0.3, 0.4) is 0 Å². The van der Waals surface area contributed by atoms with E-state index >= 15 is 0 Å². The van der Waals surface area contributed by atoms with Crippen molar-refractivity contribution in [2.24, 2.45) is 0 Å². The van der Waals surface area contributed by atoms with E-state index < -0.39 is 10.0 Å². The number of ether oxygens (including phenoxy) is 1. The Labute approximate surface area is 143 Å². The number of carbonyl (C=O) groups excluding carboxylic acids is 1. The van der Waals surface area contributed by atoms with Gasteiger partial charge in [0.15, 0.2) is 0 Å². The standard InChI is InChI=1S/C16H25N3O4S/c1-13(20)18-15-12-14(6-7-16(15)23-2)24(21,22)17-8-5-11-19-9-3-4-10-19/h6-7,12,17H,3-5,8-11H2,1-2H3,(H,18,20)/p+1. The van der Waals surface area contributed by atoms with Crippen molar-refractivity contribution >= 4 is 21.6 Å². The maximum absolute atomic E-state index is 12.4. The predicted octanol–water partition coefficient (Wildman–Crippen LogP) is 0.000700. The average Bonchev–Trinajstić information content (AvgIpc) is 3.04. The molecule has 1 fully saturated rings. The number of carbonyl (C=O) groups is 1. The lowest BCUT2D eigenvalue weighted by atomic mass is 10.3. The van der Waals surface area contributed by atoms with Crippen LogP contribution in [0.4, 0.5) is 5.69 Å². The molecule has 0 aliphatic carbocycles. The van der Waals surface area contributed by atoms with Crippen molar-refractivity contribution in [2.75, 3.05) is 38.6 Å². The summed E-state index contributed by atoms with van der Waals surface area (Å²) in [4.78, 5) is 12.9. The Balaban J connectivity index is 1.98. The van der Waals surface area contributed by atoms with Crippen molar-refractivity contribution in [1.29, 1.82) is 0 Å². The number of hydrogen-bond acceptors (Lipinski definition) is 4. The zero-order valence-corrected chi connectivity index (χ0v) is 15.0. The lowest BCUT2D eigenvalue weighted by Crippen LogP contribution is -3.10. The van der Waals surface area contributed by atoms with Gasteiger partial charge in [-0.2, -0.15) is 0 Å². The molecule has 0 radical (unpaired) electrons. The van der Waals surface area contributed by atoms with Gasteiger partial charge in [-0.1, -0.05) is 0 Å². The zero-order valence-electron chi connectivity index (χ0n) is 14.2. The fourth-order valence-corrected chi connectivity index (χ4v) is 3.99. The molecule has 0 unspecified atom stereocenters. The van der Waals surface area contributed by atoms with E-state index in [1.165, 1.54) is 58.2 Å². The molecule has 7 nitrogen and oxygen atoms in total. The van der Waals surface area contributed by atoms with Crippen LogP contribution in [-0.2, 0) is 14.8 Å². The minimum atomic E-state index is -3.61. The molecule has 1 aliphatic heterocycles. The van der Waals surface area contributed by atoms with Gasteiger partial charge in [0.25, 0.3) is 0 Å². The number of hydrogen-bond donors (Lipinski definition) is 3. The van der Waals surface area contributed by atoms with Crippen LogP contribution in [0.1, 0.15) is 26.2 Å². The lowest BCUT2D eigenvalue weighted by molar-refractivity contribution is -0.887. The summed E-state index contributed by atoms with van der Waals surface area (Å²) in [6, 6.07) is 4.42. The molecule has 1 aliphatic rings. The largest absolute Gasteiger partial charge is 0.495 e. The van der Waals surface area contributed by atoms with Crippen molar-refractivity contribution in [3.05, 3.63) is 18.2 Å². The number of methoxy groups -OCH3 is 1. The predicted molar refractivity (Wildman–Crippen MR) is 91.9 cm³/mol. The van der Waals surface area contributed by atoms with Crippen molar-refractivity contribution in [3.63, 3.8) is 0 Å². The minimum absolute atomic E-state index is 0.112. The Hall–Kier alpha value is -1.64. The zero-order chi connectivity index (χ0) is 17.6. The number of anilines is 1. The molecular weight excluding hydrogens is 330 g/mol. The van der Waals surface area contributed by atoms with E-state index in [-0.39, 0.29) is 10.8 Å². The van der Waals surface area contributed by atoms with Crippen LogP contribution >= 0.6 is 0 Å². The molecule has 134 valence electrons. The molecule has 1 saturated heterocycles. The van der Waals surface area contributed by atoms with Crippen LogP contribution in [0, 0.1) is 0 Å². The Morgan fingerprint density at radius 2 is 2.00 bits per heavy atom. The van der Waals surface area contributed by atoms with Gasteiger partial charge in [0.1, 0.15) is 5.75 Å². The third-order valence-electron chi connectivity index (χ3n) is 4.10. The van der Waals surface area contributed by atoms with E-state index in [0.29, 0.717) is 18.0 Å². The molecule has 0 bridgehead atoms. The van der Waals surface area contributed by atoms with Crippen molar-refractivity contribution in [2.45, 2.75) is 31.1 Å². The molecule has 1 heterocycles. The summed E-state index contributed by atoms with van der Waals surface area (Å²) in [5.74, 6) is 0.131. The van der Waals surface area contributed by atoms with E-state index in [1.807, 2.05) is 0 Å². The van der Waals surface area contributed by atoms with Crippen LogP contribution in [0.2, 0.25) is 0 Å². The summed E-state index contributed by atoms with van der Waals surface area (Å²) >= 11 is 0. The Bertz CT molecular complexity index is 670. The summed E-state index contributed by atoms with van der Waals surface area (Å²) in [7, 11) is -2.14. The second-order valence-corrected chi connectivity index (χ2v) is 7.77. The van der Waals surface area contributed by atoms with Gasteiger partial charge in [-0.25, -0.2) is 13.1 Å². The highest BCUT2D eigenvalue weighted by Gasteiger charge is 2.18. The van der Waals surface area contributed by atoms with Crippen LogP contribution in [-0.4, -0.2) is 47.6 Å². The first kappa shape index (κ1) is 18.7. The topological polar surface area (TPSA) is 88.9 Å². The van der Waals surface area contributed by atoms with Gasteiger partial charge < -0.3 is 15.0 Å². The van der Waals surface area contributed by atoms with Crippen LogP contribution in [0.25, 0.3) is 0 Å². The van der Waals surface area contributed by atoms with Gasteiger partial charge in [-0.3, -0.25) is 4.79 Å². The van der Waals surface area contributed by atoms with E-state index in [1.54, 1.807) is 4.90 Å². The maximum atomic E-state index is 12.4. The quantitative estimate of drug-likeness (QED) is 0.572. The monoisotopic (exact) mass is 356 g/mol. The molecule has 0 atom stereocenters. The number of nitrogens with one attached hydrogen (secondary N) is 3. The smallest absolute Gasteiger partial charge is 0.240 e. The highest BCUT2D eigenvalue weighted by molar-refractivity contribution is 7.89. The van der Waals surface area contributed by atoms with Crippen molar-refractivity contribution in [1.82, 2.24) is 4.72 Å². The molecule has 1 aromatic carbocycles. The summed E-state index contributed by atoms with van der Waals surface area (Å²) < 4.78 is 32.5. The second kappa shape index (κ2) is 8.46. The first-order chi connectivity index (χ1) is 11.4. The number of quaternary nitrogens is 1. The van der Waals surface area contributed by atoms with E-state index in [9.17, 15) is 13.2 Å². The van der Waals surface area contributed by atoms with Crippen molar-refractivity contribution < 1.29 is 22.8 Å². The van der Waals surface area contributed by atoms with Crippen LogP contribution < -0.4 is 19.7 Å². The molecule has 1 aromatic rings. The molecule has 2 rings (SSSR count). The normalized spacial score (nSPS) is 15.4. The van der Waals surface area contributed by atoms with Crippen LogP contribution in [0.15, 0.2) is 23.1 Å². The molecule has 24 heavy (non-hydrogen) atoms. The van der Waals surface area contributed by atoms with Crippen LogP contribution in [0.5, 0.6) is 5.75 Å². The van der Waals surface area contributed by atoms with Gasteiger partial charge in [0, 0.05) is 32.7 Å². The number of sulfonamides is 1. The summed E-state index contributed by atoms with van der Waals surface area (Å²) in [6.45, 7) is 5.13. The molecule has 0 aromatic heterocycles. The van der Waals surface area contributed by atoms with Gasteiger partial charge in [-0.05, 0) is 18.2 Å². The molecule has 3 N–H and O–H groups in total. The maximum Gasteiger partial charge on any atom is 0.240 e. The molecule has 0 saturated carbocycles. The summed E-state index contributed by atoms with van der Waals surface area (Å²) in [5, 5.41) is 2.58. The average molecular weight is 356 g/mol. The first-order valence-electron chi connectivity index (χ1n) is 8.21. The third-order valence-corrected chi connectivity index (χ3v) is 5.56. The fraction of sp³-hybridized carbons (Fsp3) is 0.562. The summed E-state index contributed by atoms with van der Waals surface area (Å²) in [5.41, 5.74) is 0.342. The molecule has 8 heteroatoms. The number of amides is 1. The van der Waals surface area contributed by atoms with Gasteiger partial charge >= 0.3 is 0 Å². The third kappa shape index (κ3) is 5.19. The van der Waals surface area contributed by atoms with E-state index in [4.69, 9.17) is 4.74 Å². The van der Waals surface area contributed by atoms with Gasteiger partial charge in [0.05, 0.1) is 37.3 Å². The SMILES string of the molecule is COc1ccc(S(=O)(=O)NCCC[NH+]2CCCC2)cc1NC(C)=O. The lowest BCUT2D eigenvalue weighted by Gasteiger charge is -2.13. The van der Waals surface area contributed by atoms with Crippen molar-refractivity contribution in [3.8, 4) is 5.75 Å². The van der Waals surface area contributed by atoms with E-state index in [0.717, 1.165) is 13.0 Å². The fourth-order valence-electron chi connectivity index (χ4n) is 2.89. The van der Waals surface area contributed by atoms with Gasteiger partial charge in [-0.15, -0.1) is 0 Å². The Morgan fingerprint density at radius 3 is 2.62 bits per heavy atom. The van der Waals surface area contributed by atoms with E-state index in [2.05, 4.69) is 10.0 Å². The molecule has 1 amide bonds. The molecular formula is C16H26N3O4S+. The highest BCUT2D eigenvalue weighted by Crippen LogP contribution is 2.27. The minimum Gasteiger partial charge on any atom is -0.495 e. The second-order valence-electron chi connectivity index (χ2n) is 6.00. The Kier molecular flexibility index (Phi) is 6.59. The number of rotatable bonds is 8. The molecule has 0 spiro atoms. The number of benzene rings is 1. The summed E-state index contributed by atoms with van der Waals surface area (Å²) in [6.07, 6.45) is 3.33.